The highest BCUT2D eigenvalue weighted by Gasteiger charge is 2.36. The Labute approximate surface area is 144 Å². The van der Waals surface area contributed by atoms with Crippen LogP contribution in [0.1, 0.15) is 12.8 Å². The summed E-state index contributed by atoms with van der Waals surface area (Å²) in [6.07, 6.45) is 2.22. The second-order valence-corrected chi connectivity index (χ2v) is 6.56. The first-order valence-corrected chi connectivity index (χ1v) is 8.40. The largest absolute Gasteiger partial charge is 0.365 e. The number of anilines is 3. The van der Waals surface area contributed by atoms with Crippen molar-refractivity contribution in [3.8, 4) is 0 Å². The Balaban J connectivity index is 1.62. The molecule has 0 spiro atoms. The minimum atomic E-state index is -0.500. The summed E-state index contributed by atoms with van der Waals surface area (Å²) in [5, 5.41) is 2.81. The van der Waals surface area contributed by atoms with E-state index in [0.29, 0.717) is 18.3 Å². The number of carbonyl (C=O) groups is 1. The molecule has 0 aliphatic carbocycles. The van der Waals surface area contributed by atoms with Gasteiger partial charge in [-0.3, -0.25) is 4.90 Å². The van der Waals surface area contributed by atoms with Crippen molar-refractivity contribution in [2.75, 3.05) is 28.2 Å². The minimum absolute atomic E-state index is 0.00573. The molecule has 1 fully saturated rings. The molecular formula is C18H17ClFN3O. The number of amides is 2. The van der Waals surface area contributed by atoms with Crippen LogP contribution in [0.25, 0.3) is 0 Å². The molecule has 6 heteroatoms. The molecule has 124 valence electrons. The molecule has 0 unspecified atom stereocenters. The average Bonchev–Trinajstić information content (AvgIpc) is 3.06. The van der Waals surface area contributed by atoms with Gasteiger partial charge in [-0.1, -0.05) is 23.7 Å². The first kappa shape index (κ1) is 15.3. The summed E-state index contributed by atoms with van der Waals surface area (Å²) in [6.45, 7) is 1.68. The maximum Gasteiger partial charge on any atom is 0.326 e. The maximum atomic E-state index is 13.3. The van der Waals surface area contributed by atoms with E-state index in [-0.39, 0.29) is 11.1 Å². The van der Waals surface area contributed by atoms with E-state index >= 15 is 0 Å². The third kappa shape index (κ3) is 2.59. The topological polar surface area (TPSA) is 35.6 Å². The fraction of sp³-hybridized carbons (Fsp3) is 0.278. The van der Waals surface area contributed by atoms with Crippen LogP contribution < -0.4 is 15.1 Å². The first-order chi connectivity index (χ1) is 11.6. The predicted molar refractivity (Wildman–Crippen MR) is 94.6 cm³/mol. The van der Waals surface area contributed by atoms with Gasteiger partial charge in [-0.15, -0.1) is 0 Å². The van der Waals surface area contributed by atoms with Crippen LogP contribution >= 0.6 is 11.6 Å². The summed E-state index contributed by atoms with van der Waals surface area (Å²) in [7, 11) is 0. The molecule has 1 saturated heterocycles. The van der Waals surface area contributed by atoms with Crippen LogP contribution in [0.5, 0.6) is 0 Å². The SMILES string of the molecule is O=C(Nc1ccc(F)c(Cl)c1)N1C[C@H]2CCCN2c2ccccc21. The van der Waals surface area contributed by atoms with Crippen LogP contribution in [0.3, 0.4) is 0 Å². The lowest BCUT2D eigenvalue weighted by Gasteiger charge is -2.40. The molecule has 0 radical (unpaired) electrons. The number of para-hydroxylation sites is 2. The van der Waals surface area contributed by atoms with Crippen molar-refractivity contribution < 1.29 is 9.18 Å². The van der Waals surface area contributed by atoms with Gasteiger partial charge in [-0.05, 0) is 43.2 Å². The summed E-state index contributed by atoms with van der Waals surface area (Å²) in [5.41, 5.74) is 2.48. The molecule has 2 amide bonds. The molecule has 24 heavy (non-hydrogen) atoms. The Morgan fingerprint density at radius 2 is 2.00 bits per heavy atom. The molecule has 2 aromatic carbocycles. The van der Waals surface area contributed by atoms with E-state index in [1.165, 1.54) is 18.2 Å². The lowest BCUT2D eigenvalue weighted by molar-refractivity contribution is 0.256. The van der Waals surface area contributed by atoms with E-state index in [1.807, 2.05) is 18.2 Å². The number of nitrogens with zero attached hydrogens (tertiary/aromatic N) is 2. The summed E-state index contributed by atoms with van der Waals surface area (Å²) in [6, 6.07) is 12.3. The number of nitrogens with one attached hydrogen (secondary N) is 1. The highest BCUT2D eigenvalue weighted by molar-refractivity contribution is 6.31. The van der Waals surface area contributed by atoms with E-state index in [9.17, 15) is 9.18 Å². The molecule has 0 saturated carbocycles. The zero-order valence-corrected chi connectivity index (χ0v) is 13.8. The number of rotatable bonds is 1. The van der Waals surface area contributed by atoms with E-state index < -0.39 is 5.82 Å². The normalized spacial score (nSPS) is 19.0. The third-order valence-corrected chi connectivity index (χ3v) is 4.96. The van der Waals surface area contributed by atoms with Crippen molar-refractivity contribution in [3.63, 3.8) is 0 Å². The quantitative estimate of drug-likeness (QED) is 0.826. The Hall–Kier alpha value is -2.27. The zero-order valence-electron chi connectivity index (χ0n) is 13.0. The highest BCUT2D eigenvalue weighted by Crippen LogP contribution is 2.39. The van der Waals surface area contributed by atoms with Crippen LogP contribution in [0.15, 0.2) is 42.5 Å². The van der Waals surface area contributed by atoms with Crippen molar-refractivity contribution in [1.29, 1.82) is 0 Å². The van der Waals surface area contributed by atoms with E-state index in [4.69, 9.17) is 11.6 Å². The molecule has 2 aromatic rings. The number of urea groups is 1. The van der Waals surface area contributed by atoms with Gasteiger partial charge in [-0.2, -0.15) is 0 Å². The van der Waals surface area contributed by atoms with Gasteiger partial charge in [0.25, 0.3) is 0 Å². The standard InChI is InChI=1S/C18H17ClFN3O/c19-14-10-12(7-8-15(14)20)21-18(24)23-11-13-4-3-9-22(13)16-5-1-2-6-17(16)23/h1-2,5-8,10,13H,3-4,9,11H2,(H,21,24)/t13-/m1/s1. The molecule has 1 atom stereocenters. The number of halogens is 2. The Morgan fingerprint density at radius 3 is 2.79 bits per heavy atom. The first-order valence-electron chi connectivity index (χ1n) is 8.03. The fourth-order valence-electron chi connectivity index (χ4n) is 3.54. The number of benzene rings is 2. The van der Waals surface area contributed by atoms with Gasteiger partial charge in [0.1, 0.15) is 5.82 Å². The number of fused-ring (bicyclic) bond motifs is 3. The van der Waals surface area contributed by atoms with Crippen molar-refractivity contribution in [3.05, 3.63) is 53.3 Å². The van der Waals surface area contributed by atoms with Gasteiger partial charge in [0.2, 0.25) is 0 Å². The maximum absolute atomic E-state index is 13.3. The van der Waals surface area contributed by atoms with Gasteiger partial charge >= 0.3 is 6.03 Å². The van der Waals surface area contributed by atoms with E-state index in [0.717, 1.165) is 30.8 Å². The van der Waals surface area contributed by atoms with Gasteiger partial charge in [-0.25, -0.2) is 9.18 Å². The smallest absolute Gasteiger partial charge is 0.326 e. The van der Waals surface area contributed by atoms with Crippen molar-refractivity contribution in [2.24, 2.45) is 0 Å². The molecule has 4 rings (SSSR count). The van der Waals surface area contributed by atoms with Crippen molar-refractivity contribution in [1.82, 2.24) is 0 Å². The lowest BCUT2D eigenvalue weighted by Crippen LogP contribution is -2.49. The third-order valence-electron chi connectivity index (χ3n) is 4.67. The van der Waals surface area contributed by atoms with Gasteiger partial charge in [0.15, 0.2) is 0 Å². The van der Waals surface area contributed by atoms with Crippen LogP contribution in [0, 0.1) is 5.82 Å². The summed E-state index contributed by atoms with van der Waals surface area (Å²) < 4.78 is 13.3. The van der Waals surface area contributed by atoms with Crippen LogP contribution in [0.2, 0.25) is 5.02 Å². The molecule has 0 aromatic heterocycles. The van der Waals surface area contributed by atoms with Crippen LogP contribution in [-0.2, 0) is 0 Å². The summed E-state index contributed by atoms with van der Waals surface area (Å²) in [5.74, 6) is -0.500. The van der Waals surface area contributed by atoms with E-state index in [1.54, 1.807) is 4.90 Å². The number of hydrogen-bond donors (Lipinski definition) is 1. The molecule has 2 heterocycles. The zero-order chi connectivity index (χ0) is 16.7. The van der Waals surface area contributed by atoms with E-state index in [2.05, 4.69) is 16.3 Å². The number of hydrogen-bond acceptors (Lipinski definition) is 2. The van der Waals surface area contributed by atoms with Gasteiger partial charge in [0, 0.05) is 24.8 Å². The Kier molecular flexibility index (Phi) is 3.81. The highest BCUT2D eigenvalue weighted by atomic mass is 35.5. The van der Waals surface area contributed by atoms with Gasteiger partial charge in [0.05, 0.1) is 16.4 Å². The average molecular weight is 346 g/mol. The second-order valence-electron chi connectivity index (χ2n) is 6.15. The molecular weight excluding hydrogens is 329 g/mol. The molecule has 2 aliphatic rings. The minimum Gasteiger partial charge on any atom is -0.365 e. The van der Waals surface area contributed by atoms with Crippen molar-refractivity contribution >= 4 is 34.7 Å². The second kappa shape index (κ2) is 5.98. The Bertz CT molecular complexity index is 798. The summed E-state index contributed by atoms with van der Waals surface area (Å²) in [4.78, 5) is 16.9. The molecule has 1 N–H and O–H groups in total. The molecule has 2 aliphatic heterocycles. The fourth-order valence-corrected chi connectivity index (χ4v) is 3.72. The monoisotopic (exact) mass is 345 g/mol. The lowest BCUT2D eigenvalue weighted by atomic mass is 10.1. The predicted octanol–water partition coefficient (Wildman–Crippen LogP) is 4.50. The number of carbonyl (C=O) groups excluding carboxylic acids is 1. The van der Waals surface area contributed by atoms with Crippen molar-refractivity contribution in [2.45, 2.75) is 18.9 Å². The summed E-state index contributed by atoms with van der Waals surface area (Å²) >= 11 is 5.79. The molecule has 4 nitrogen and oxygen atoms in total. The van der Waals surface area contributed by atoms with Gasteiger partial charge < -0.3 is 10.2 Å². The van der Waals surface area contributed by atoms with Crippen LogP contribution in [-0.4, -0.2) is 25.2 Å². The van der Waals surface area contributed by atoms with Crippen LogP contribution in [0.4, 0.5) is 26.2 Å². The molecule has 0 bridgehead atoms. The Morgan fingerprint density at radius 1 is 1.21 bits per heavy atom.